The summed E-state index contributed by atoms with van der Waals surface area (Å²) >= 11 is 0. The molecular weight excluding hydrogens is 281 g/mol. The van der Waals surface area contributed by atoms with E-state index >= 15 is 0 Å². The molecule has 1 saturated heterocycles. The Morgan fingerprint density at radius 2 is 2.05 bits per heavy atom. The van der Waals surface area contributed by atoms with Crippen molar-refractivity contribution in [3.05, 3.63) is 35.4 Å². The highest BCUT2D eigenvalue weighted by Gasteiger charge is 2.36. The maximum atomic E-state index is 12.8. The van der Waals surface area contributed by atoms with Gasteiger partial charge in [-0.2, -0.15) is 13.2 Å². The summed E-state index contributed by atoms with van der Waals surface area (Å²) in [6.45, 7) is 4.72. The van der Waals surface area contributed by atoms with Gasteiger partial charge in [-0.3, -0.25) is 4.79 Å². The molecule has 2 rings (SSSR count). The van der Waals surface area contributed by atoms with Gasteiger partial charge in [0.05, 0.1) is 11.5 Å². The molecule has 2 unspecified atom stereocenters. The second kappa shape index (κ2) is 6.05. The highest BCUT2D eigenvalue weighted by atomic mass is 19.4. The molecule has 0 saturated carbocycles. The smallest absolute Gasteiger partial charge is 0.354 e. The Hall–Kier alpha value is -1.56. The molecule has 1 aromatic carbocycles. The normalized spacial score (nSPS) is 22.6. The number of hydrogen-bond acceptors (Lipinski definition) is 2. The fourth-order valence-electron chi connectivity index (χ4n) is 2.64. The van der Waals surface area contributed by atoms with Gasteiger partial charge in [-0.15, -0.1) is 0 Å². The van der Waals surface area contributed by atoms with Crippen LogP contribution in [0.15, 0.2) is 24.3 Å². The lowest BCUT2D eigenvalue weighted by Crippen LogP contribution is -2.38. The molecule has 3 nitrogen and oxygen atoms in total. The van der Waals surface area contributed by atoms with Gasteiger partial charge in [0.2, 0.25) is 5.91 Å². The van der Waals surface area contributed by atoms with Crippen LogP contribution in [0, 0.1) is 5.92 Å². The van der Waals surface area contributed by atoms with E-state index < -0.39 is 11.7 Å². The summed E-state index contributed by atoms with van der Waals surface area (Å²) in [5.74, 6) is -0.681. The van der Waals surface area contributed by atoms with Gasteiger partial charge in [0, 0.05) is 25.0 Å². The van der Waals surface area contributed by atoms with E-state index in [4.69, 9.17) is 0 Å². The van der Waals surface area contributed by atoms with Crippen LogP contribution in [-0.4, -0.2) is 25.0 Å². The number of nitrogens with one attached hydrogen (secondary N) is 2. The molecule has 21 heavy (non-hydrogen) atoms. The molecule has 116 valence electrons. The number of rotatable bonds is 3. The van der Waals surface area contributed by atoms with Crippen LogP contribution in [0.2, 0.25) is 0 Å². The zero-order valence-corrected chi connectivity index (χ0v) is 12.0. The van der Waals surface area contributed by atoms with Crippen molar-refractivity contribution in [3.8, 4) is 0 Å². The average Bonchev–Trinajstić information content (AvgIpc) is 2.86. The van der Waals surface area contributed by atoms with Crippen molar-refractivity contribution in [2.75, 3.05) is 13.1 Å². The molecule has 0 bridgehead atoms. The summed E-state index contributed by atoms with van der Waals surface area (Å²) in [7, 11) is 0. The monoisotopic (exact) mass is 300 g/mol. The van der Waals surface area contributed by atoms with Crippen molar-refractivity contribution in [1.29, 1.82) is 0 Å². The third-order valence-electron chi connectivity index (χ3n) is 3.62. The number of carbonyl (C=O) groups is 1. The first kappa shape index (κ1) is 15.8. The maximum absolute atomic E-state index is 12.8. The second-order valence-electron chi connectivity index (χ2n) is 5.66. The van der Waals surface area contributed by atoms with Crippen molar-refractivity contribution in [3.63, 3.8) is 0 Å². The van der Waals surface area contributed by atoms with Crippen LogP contribution in [0.3, 0.4) is 0 Å². The zero-order chi connectivity index (χ0) is 15.6. The Kier molecular flexibility index (Phi) is 4.56. The van der Waals surface area contributed by atoms with E-state index in [1.165, 1.54) is 6.07 Å². The molecule has 0 aliphatic carbocycles. The van der Waals surface area contributed by atoms with E-state index in [1.54, 1.807) is 6.07 Å². The third kappa shape index (κ3) is 3.75. The summed E-state index contributed by atoms with van der Waals surface area (Å²) in [6.07, 6.45) is -4.36. The summed E-state index contributed by atoms with van der Waals surface area (Å²) < 4.78 is 38.4. The molecule has 0 spiro atoms. The Bertz CT molecular complexity index is 514. The molecule has 1 aromatic rings. The topological polar surface area (TPSA) is 41.1 Å². The van der Waals surface area contributed by atoms with Gasteiger partial charge in [-0.25, -0.2) is 0 Å². The molecule has 1 amide bonds. The van der Waals surface area contributed by atoms with Gasteiger partial charge >= 0.3 is 6.18 Å². The predicted molar refractivity (Wildman–Crippen MR) is 73.8 cm³/mol. The number of carbonyl (C=O) groups excluding carboxylic acids is 1. The lowest BCUT2D eigenvalue weighted by atomic mass is 9.87. The Morgan fingerprint density at radius 1 is 1.33 bits per heavy atom. The molecule has 1 aliphatic heterocycles. The first-order valence-electron chi connectivity index (χ1n) is 6.97. The molecule has 1 aliphatic rings. The maximum Gasteiger partial charge on any atom is 0.416 e. The molecule has 1 fully saturated rings. The van der Waals surface area contributed by atoms with Crippen molar-refractivity contribution < 1.29 is 18.0 Å². The van der Waals surface area contributed by atoms with E-state index in [1.807, 2.05) is 13.8 Å². The molecule has 2 N–H and O–H groups in total. The van der Waals surface area contributed by atoms with Gasteiger partial charge in [-0.1, -0.05) is 18.2 Å². The van der Waals surface area contributed by atoms with Gasteiger partial charge in [0.1, 0.15) is 0 Å². The van der Waals surface area contributed by atoms with Crippen LogP contribution in [-0.2, 0) is 11.0 Å². The van der Waals surface area contributed by atoms with Gasteiger partial charge in [-0.05, 0) is 25.5 Å². The van der Waals surface area contributed by atoms with Crippen LogP contribution in [0.25, 0.3) is 0 Å². The molecule has 1 heterocycles. The fourth-order valence-corrected chi connectivity index (χ4v) is 2.64. The Labute approximate surface area is 121 Å². The first-order valence-corrected chi connectivity index (χ1v) is 6.97. The minimum atomic E-state index is -4.36. The van der Waals surface area contributed by atoms with E-state index in [9.17, 15) is 18.0 Å². The average molecular weight is 300 g/mol. The zero-order valence-electron chi connectivity index (χ0n) is 12.0. The van der Waals surface area contributed by atoms with E-state index in [0.29, 0.717) is 18.7 Å². The summed E-state index contributed by atoms with van der Waals surface area (Å²) in [4.78, 5) is 12.1. The van der Waals surface area contributed by atoms with Gasteiger partial charge in [0.25, 0.3) is 0 Å². The number of benzene rings is 1. The first-order chi connectivity index (χ1) is 9.79. The molecule has 2 atom stereocenters. The van der Waals surface area contributed by atoms with Crippen LogP contribution in [0.5, 0.6) is 0 Å². The standard InChI is InChI=1S/C15H19F3N2O/c1-9(2)20-14(21)13-8-19-7-12(13)10-4-3-5-11(6-10)15(16,17)18/h3-6,9,12-13,19H,7-8H2,1-2H3,(H,20,21). The number of hydrogen-bond donors (Lipinski definition) is 2. The van der Waals surface area contributed by atoms with Gasteiger partial charge in [0.15, 0.2) is 0 Å². The molecule has 0 aromatic heterocycles. The van der Waals surface area contributed by atoms with Gasteiger partial charge < -0.3 is 10.6 Å². The van der Waals surface area contributed by atoms with E-state index in [-0.39, 0.29) is 23.8 Å². The van der Waals surface area contributed by atoms with Crippen molar-refractivity contribution in [1.82, 2.24) is 10.6 Å². The quantitative estimate of drug-likeness (QED) is 0.900. The van der Waals surface area contributed by atoms with Crippen LogP contribution < -0.4 is 10.6 Å². The summed E-state index contributed by atoms with van der Waals surface area (Å²) in [6, 6.07) is 5.26. The lowest BCUT2D eigenvalue weighted by molar-refractivity contribution is -0.137. The van der Waals surface area contributed by atoms with Crippen molar-refractivity contribution in [2.45, 2.75) is 32.0 Å². The van der Waals surface area contributed by atoms with Crippen molar-refractivity contribution >= 4 is 5.91 Å². The van der Waals surface area contributed by atoms with E-state index in [0.717, 1.165) is 12.1 Å². The van der Waals surface area contributed by atoms with Crippen LogP contribution in [0.1, 0.15) is 30.9 Å². The Balaban J connectivity index is 2.22. The number of alkyl halides is 3. The Morgan fingerprint density at radius 3 is 2.67 bits per heavy atom. The highest BCUT2D eigenvalue weighted by molar-refractivity contribution is 5.80. The fraction of sp³-hybridized carbons (Fsp3) is 0.533. The largest absolute Gasteiger partial charge is 0.416 e. The van der Waals surface area contributed by atoms with Crippen LogP contribution in [0.4, 0.5) is 13.2 Å². The lowest BCUT2D eigenvalue weighted by Gasteiger charge is -2.20. The number of amides is 1. The number of halogens is 3. The minimum absolute atomic E-state index is 0.0141. The van der Waals surface area contributed by atoms with Crippen LogP contribution >= 0.6 is 0 Å². The second-order valence-corrected chi connectivity index (χ2v) is 5.66. The molecule has 0 radical (unpaired) electrons. The summed E-state index contributed by atoms with van der Waals surface area (Å²) in [5.41, 5.74) is -0.117. The van der Waals surface area contributed by atoms with E-state index in [2.05, 4.69) is 10.6 Å². The highest BCUT2D eigenvalue weighted by Crippen LogP contribution is 2.34. The predicted octanol–water partition coefficient (Wildman–Crippen LogP) is 2.53. The van der Waals surface area contributed by atoms with Crippen molar-refractivity contribution in [2.24, 2.45) is 5.92 Å². The molecular formula is C15H19F3N2O. The minimum Gasteiger partial charge on any atom is -0.354 e. The summed E-state index contributed by atoms with van der Waals surface area (Å²) in [5, 5.41) is 5.92. The SMILES string of the molecule is CC(C)NC(=O)C1CNCC1c1cccc(C(F)(F)F)c1. The molecule has 6 heteroatoms. The third-order valence-corrected chi connectivity index (χ3v) is 3.62.